The first-order valence-corrected chi connectivity index (χ1v) is 11.0. The highest BCUT2D eigenvalue weighted by atomic mass is 32.1. The zero-order valence-electron chi connectivity index (χ0n) is 18.0. The van der Waals surface area contributed by atoms with E-state index in [2.05, 4.69) is 4.98 Å². The molecular weight excluding hydrogens is 412 g/mol. The van der Waals surface area contributed by atoms with Crippen LogP contribution in [0.25, 0.3) is 11.3 Å². The molecule has 3 aromatic rings. The van der Waals surface area contributed by atoms with Crippen molar-refractivity contribution in [1.29, 1.82) is 0 Å². The third-order valence-electron chi connectivity index (χ3n) is 5.12. The number of thiazole rings is 1. The van der Waals surface area contributed by atoms with Gasteiger partial charge in [-0.3, -0.25) is 4.79 Å². The maximum absolute atomic E-state index is 13.0. The zero-order chi connectivity index (χ0) is 22.1. The summed E-state index contributed by atoms with van der Waals surface area (Å²) in [5, 5.41) is 0.999. The molecule has 1 aliphatic rings. The maximum Gasteiger partial charge on any atom is 0.338 e. The topological polar surface area (TPSA) is 68.7 Å². The summed E-state index contributed by atoms with van der Waals surface area (Å²) in [7, 11) is 0. The summed E-state index contributed by atoms with van der Waals surface area (Å²) in [6.07, 6.45) is -0.588. The van der Waals surface area contributed by atoms with Crippen LogP contribution >= 0.6 is 11.3 Å². The minimum Gasteiger partial charge on any atom is -0.479 e. The Morgan fingerprint density at radius 3 is 2.74 bits per heavy atom. The van der Waals surface area contributed by atoms with E-state index in [4.69, 9.17) is 9.47 Å². The lowest BCUT2D eigenvalue weighted by Crippen LogP contribution is -2.44. The molecule has 0 fully saturated rings. The van der Waals surface area contributed by atoms with Crippen molar-refractivity contribution in [3.63, 3.8) is 0 Å². The Morgan fingerprint density at radius 2 is 2.03 bits per heavy atom. The number of rotatable bonds is 5. The summed E-state index contributed by atoms with van der Waals surface area (Å²) in [5.74, 6) is 0.155. The Balaban J connectivity index is 1.71. The van der Waals surface area contributed by atoms with Crippen LogP contribution in [0.4, 0.5) is 5.69 Å². The number of ether oxygens (including phenoxy) is 2. The molecule has 0 saturated heterocycles. The molecule has 1 aliphatic heterocycles. The monoisotopic (exact) mass is 436 g/mol. The first-order chi connectivity index (χ1) is 14.9. The summed E-state index contributed by atoms with van der Waals surface area (Å²) >= 11 is 1.65. The SMILES string of the molecule is CCOC(=O)c1cccc(CN2C(=O)C(C)Oc3ccc(-c4nc(C)sc4C)cc32)c1. The molecule has 31 heavy (non-hydrogen) atoms. The number of carbonyl (C=O) groups is 2. The van der Waals surface area contributed by atoms with Gasteiger partial charge in [-0.05, 0) is 63.6 Å². The predicted octanol–water partition coefficient (Wildman–Crippen LogP) is 4.92. The first kappa shape index (κ1) is 21.1. The van der Waals surface area contributed by atoms with E-state index >= 15 is 0 Å². The number of fused-ring (bicyclic) bond motifs is 1. The molecule has 0 aliphatic carbocycles. The molecule has 1 aromatic heterocycles. The van der Waals surface area contributed by atoms with Crippen molar-refractivity contribution in [1.82, 2.24) is 4.98 Å². The number of hydrogen-bond acceptors (Lipinski definition) is 6. The summed E-state index contributed by atoms with van der Waals surface area (Å²) < 4.78 is 10.9. The van der Waals surface area contributed by atoms with Gasteiger partial charge in [0, 0.05) is 10.4 Å². The molecule has 1 atom stereocenters. The van der Waals surface area contributed by atoms with Crippen molar-refractivity contribution in [2.75, 3.05) is 11.5 Å². The lowest BCUT2D eigenvalue weighted by molar-refractivity contribution is -0.125. The number of esters is 1. The fraction of sp³-hybridized carbons (Fsp3) is 0.292. The molecule has 0 saturated carbocycles. The van der Waals surface area contributed by atoms with E-state index in [1.807, 2.05) is 38.1 Å². The second-order valence-electron chi connectivity index (χ2n) is 7.43. The van der Waals surface area contributed by atoms with Crippen molar-refractivity contribution in [3.8, 4) is 17.0 Å². The van der Waals surface area contributed by atoms with Gasteiger partial charge in [-0.1, -0.05) is 12.1 Å². The highest BCUT2D eigenvalue weighted by molar-refractivity contribution is 7.11. The molecule has 0 N–H and O–H groups in total. The largest absolute Gasteiger partial charge is 0.479 e. The van der Waals surface area contributed by atoms with E-state index in [9.17, 15) is 9.59 Å². The third kappa shape index (κ3) is 4.18. The summed E-state index contributed by atoms with van der Waals surface area (Å²) in [6, 6.07) is 13.0. The van der Waals surface area contributed by atoms with Gasteiger partial charge in [-0.15, -0.1) is 11.3 Å². The molecule has 4 rings (SSSR count). The fourth-order valence-corrected chi connectivity index (χ4v) is 4.55. The highest BCUT2D eigenvalue weighted by Crippen LogP contribution is 2.39. The predicted molar refractivity (Wildman–Crippen MR) is 121 cm³/mol. The van der Waals surface area contributed by atoms with E-state index in [1.54, 1.807) is 48.3 Å². The normalized spacial score (nSPS) is 15.4. The number of amides is 1. The van der Waals surface area contributed by atoms with E-state index in [-0.39, 0.29) is 11.9 Å². The number of hydrogen-bond donors (Lipinski definition) is 0. The summed E-state index contributed by atoms with van der Waals surface area (Å²) in [6.45, 7) is 8.18. The molecule has 0 spiro atoms. The van der Waals surface area contributed by atoms with Gasteiger partial charge >= 0.3 is 5.97 Å². The van der Waals surface area contributed by atoms with Gasteiger partial charge < -0.3 is 14.4 Å². The van der Waals surface area contributed by atoms with Crippen molar-refractivity contribution < 1.29 is 19.1 Å². The van der Waals surface area contributed by atoms with Crippen LogP contribution in [-0.2, 0) is 16.1 Å². The Morgan fingerprint density at radius 1 is 1.23 bits per heavy atom. The minimum absolute atomic E-state index is 0.127. The average molecular weight is 437 g/mol. The van der Waals surface area contributed by atoms with E-state index in [0.29, 0.717) is 30.2 Å². The molecule has 2 heterocycles. The van der Waals surface area contributed by atoms with Crippen LogP contribution < -0.4 is 9.64 Å². The van der Waals surface area contributed by atoms with Crippen LogP contribution in [0.5, 0.6) is 5.75 Å². The molecular formula is C24H24N2O4S. The first-order valence-electron chi connectivity index (χ1n) is 10.2. The van der Waals surface area contributed by atoms with Crippen LogP contribution in [0.15, 0.2) is 42.5 Å². The summed E-state index contributed by atoms with van der Waals surface area (Å²) in [4.78, 5) is 32.6. The Hall–Kier alpha value is -3.19. The maximum atomic E-state index is 13.0. The van der Waals surface area contributed by atoms with E-state index in [0.717, 1.165) is 26.7 Å². The fourth-order valence-electron chi connectivity index (χ4n) is 3.71. The summed E-state index contributed by atoms with van der Waals surface area (Å²) in [5.41, 5.74) is 3.87. The smallest absolute Gasteiger partial charge is 0.338 e. The number of anilines is 1. The highest BCUT2D eigenvalue weighted by Gasteiger charge is 2.32. The Labute approximate surface area is 185 Å². The average Bonchev–Trinajstić information content (AvgIpc) is 3.09. The van der Waals surface area contributed by atoms with Crippen LogP contribution in [0.1, 0.15) is 39.7 Å². The van der Waals surface area contributed by atoms with Crippen molar-refractivity contribution >= 4 is 28.9 Å². The van der Waals surface area contributed by atoms with Crippen LogP contribution in [0.3, 0.4) is 0 Å². The number of carbonyl (C=O) groups excluding carboxylic acids is 2. The lowest BCUT2D eigenvalue weighted by atomic mass is 10.1. The Bertz CT molecular complexity index is 1150. The Kier molecular flexibility index (Phi) is 5.78. The van der Waals surface area contributed by atoms with Crippen LogP contribution in [-0.4, -0.2) is 29.6 Å². The second-order valence-corrected chi connectivity index (χ2v) is 8.83. The molecule has 0 radical (unpaired) electrons. The minimum atomic E-state index is -0.588. The van der Waals surface area contributed by atoms with Gasteiger partial charge in [0.05, 0.1) is 35.1 Å². The molecule has 1 amide bonds. The molecule has 0 bridgehead atoms. The van der Waals surface area contributed by atoms with Gasteiger partial charge in [-0.25, -0.2) is 9.78 Å². The molecule has 6 nitrogen and oxygen atoms in total. The molecule has 160 valence electrons. The van der Waals surface area contributed by atoms with E-state index in [1.165, 1.54) is 0 Å². The van der Waals surface area contributed by atoms with Crippen molar-refractivity contribution in [3.05, 3.63) is 63.5 Å². The van der Waals surface area contributed by atoms with Gasteiger partial charge in [-0.2, -0.15) is 0 Å². The van der Waals surface area contributed by atoms with Gasteiger partial charge in [0.1, 0.15) is 5.75 Å². The lowest BCUT2D eigenvalue weighted by Gasteiger charge is -2.33. The number of benzene rings is 2. The van der Waals surface area contributed by atoms with Crippen LogP contribution in [0.2, 0.25) is 0 Å². The number of nitrogens with zero attached hydrogens (tertiary/aromatic N) is 2. The third-order valence-corrected chi connectivity index (χ3v) is 6.01. The molecule has 7 heteroatoms. The zero-order valence-corrected chi connectivity index (χ0v) is 18.8. The number of aryl methyl sites for hydroxylation is 2. The second kappa shape index (κ2) is 8.51. The standard InChI is InChI=1S/C24H24N2O4S/c1-5-29-24(28)19-8-6-7-17(11-19)13-26-20-12-18(22-15(3)31-16(4)25-22)9-10-21(20)30-14(2)23(26)27/h6-12,14H,5,13H2,1-4H3. The molecule has 1 unspecified atom stereocenters. The van der Waals surface area contributed by atoms with Gasteiger partial charge in [0.15, 0.2) is 6.10 Å². The molecule has 2 aromatic carbocycles. The van der Waals surface area contributed by atoms with Crippen molar-refractivity contribution in [2.24, 2.45) is 0 Å². The van der Waals surface area contributed by atoms with Gasteiger partial charge in [0.2, 0.25) is 0 Å². The van der Waals surface area contributed by atoms with Crippen LogP contribution in [0, 0.1) is 13.8 Å². The van der Waals surface area contributed by atoms with Gasteiger partial charge in [0.25, 0.3) is 5.91 Å². The quantitative estimate of drug-likeness (QED) is 0.531. The van der Waals surface area contributed by atoms with Crippen molar-refractivity contribution in [2.45, 2.75) is 40.3 Å². The van der Waals surface area contributed by atoms with E-state index < -0.39 is 6.10 Å². The number of aromatic nitrogens is 1.